The van der Waals surface area contributed by atoms with Crippen LogP contribution in [0.4, 0.5) is 10.5 Å². The number of benzene rings is 2. The van der Waals surface area contributed by atoms with Crippen molar-refractivity contribution in [1.82, 2.24) is 10.6 Å². The maximum absolute atomic E-state index is 13.2. The summed E-state index contributed by atoms with van der Waals surface area (Å²) in [5, 5.41) is 8.34. The highest BCUT2D eigenvalue weighted by Gasteiger charge is 2.32. The molecule has 3 N–H and O–H groups in total. The zero-order valence-corrected chi connectivity index (χ0v) is 18.7. The van der Waals surface area contributed by atoms with Crippen molar-refractivity contribution in [2.75, 3.05) is 33.3 Å². The third kappa shape index (κ3) is 4.72. The normalized spacial score (nSPS) is 15.4. The number of urea groups is 1. The minimum Gasteiger partial charge on any atom is -0.494 e. The summed E-state index contributed by atoms with van der Waals surface area (Å²) in [5.74, 6) is 1.60. The fourth-order valence-electron chi connectivity index (χ4n) is 3.51. The lowest BCUT2D eigenvalue weighted by atomic mass is 9.94. The van der Waals surface area contributed by atoms with Gasteiger partial charge >= 0.3 is 6.03 Å². The molecule has 32 heavy (non-hydrogen) atoms. The van der Waals surface area contributed by atoms with Crippen LogP contribution in [0.3, 0.4) is 0 Å². The number of rotatable bonds is 8. The molecule has 1 aliphatic rings. The molecular weight excluding hydrogens is 414 g/mol. The number of hydrogen-bond donors (Lipinski definition) is 3. The van der Waals surface area contributed by atoms with Gasteiger partial charge in [0.25, 0.3) is 5.91 Å². The minimum atomic E-state index is -0.736. The van der Waals surface area contributed by atoms with Gasteiger partial charge in [-0.25, -0.2) is 4.79 Å². The van der Waals surface area contributed by atoms with Crippen molar-refractivity contribution in [3.8, 4) is 23.0 Å². The Morgan fingerprint density at radius 1 is 1.03 bits per heavy atom. The SMILES string of the molecule is CCOc1ccc(NC(=O)C2=C(C)NC(=O)N[C@H]2c2cc(OC)c(OC)c(OC)c2)cc1. The van der Waals surface area contributed by atoms with Gasteiger partial charge in [-0.2, -0.15) is 0 Å². The van der Waals surface area contributed by atoms with Crippen molar-refractivity contribution in [3.05, 3.63) is 53.2 Å². The van der Waals surface area contributed by atoms with Crippen LogP contribution in [0.25, 0.3) is 0 Å². The molecule has 0 unspecified atom stereocenters. The van der Waals surface area contributed by atoms with Gasteiger partial charge in [0.15, 0.2) is 11.5 Å². The number of ether oxygens (including phenoxy) is 4. The molecule has 2 aromatic rings. The standard InChI is InChI=1S/C23H27N3O6/c1-6-32-16-9-7-15(8-10-16)25-22(27)19-13(2)24-23(28)26-20(19)14-11-17(29-3)21(31-5)18(12-14)30-4/h7-12,20H,6H2,1-5H3,(H,25,27)(H2,24,26,28)/t20-/m0/s1. The van der Waals surface area contributed by atoms with Crippen molar-refractivity contribution >= 4 is 17.6 Å². The van der Waals surface area contributed by atoms with Crippen LogP contribution < -0.4 is 34.9 Å². The first kappa shape index (κ1) is 22.8. The van der Waals surface area contributed by atoms with Gasteiger partial charge in [0.2, 0.25) is 5.75 Å². The van der Waals surface area contributed by atoms with E-state index < -0.39 is 12.1 Å². The van der Waals surface area contributed by atoms with Crippen molar-refractivity contribution in [2.45, 2.75) is 19.9 Å². The highest BCUT2D eigenvalue weighted by Crippen LogP contribution is 2.41. The van der Waals surface area contributed by atoms with Crippen LogP contribution in [-0.4, -0.2) is 39.9 Å². The molecule has 9 heteroatoms. The lowest BCUT2D eigenvalue weighted by molar-refractivity contribution is -0.113. The van der Waals surface area contributed by atoms with Crippen LogP contribution in [-0.2, 0) is 4.79 Å². The van der Waals surface area contributed by atoms with Crippen molar-refractivity contribution in [3.63, 3.8) is 0 Å². The van der Waals surface area contributed by atoms with Crippen LogP contribution in [0, 0.1) is 0 Å². The number of allylic oxidation sites excluding steroid dienone is 1. The van der Waals surface area contributed by atoms with E-state index in [2.05, 4.69) is 16.0 Å². The van der Waals surface area contributed by atoms with Crippen LogP contribution in [0.1, 0.15) is 25.5 Å². The first-order valence-corrected chi connectivity index (χ1v) is 10.0. The fraction of sp³-hybridized carbons (Fsp3) is 0.304. The van der Waals surface area contributed by atoms with Crippen LogP contribution in [0.15, 0.2) is 47.7 Å². The summed E-state index contributed by atoms with van der Waals surface area (Å²) in [6.45, 7) is 4.13. The monoisotopic (exact) mass is 441 g/mol. The summed E-state index contributed by atoms with van der Waals surface area (Å²) >= 11 is 0. The number of hydrogen-bond acceptors (Lipinski definition) is 6. The average Bonchev–Trinajstić information content (AvgIpc) is 2.78. The summed E-state index contributed by atoms with van der Waals surface area (Å²) in [7, 11) is 4.51. The number of methoxy groups -OCH3 is 3. The van der Waals surface area contributed by atoms with E-state index in [4.69, 9.17) is 18.9 Å². The van der Waals surface area contributed by atoms with Gasteiger partial charge in [-0.05, 0) is 55.8 Å². The Kier molecular flexibility index (Phi) is 7.09. The molecule has 2 aromatic carbocycles. The molecule has 0 fully saturated rings. The second-order valence-electron chi connectivity index (χ2n) is 6.94. The molecule has 1 heterocycles. The molecule has 0 saturated heterocycles. The lowest BCUT2D eigenvalue weighted by Crippen LogP contribution is -2.46. The number of carbonyl (C=O) groups excluding carboxylic acids is 2. The summed E-state index contributed by atoms with van der Waals surface area (Å²) < 4.78 is 21.7. The molecule has 3 amide bonds. The van der Waals surface area contributed by atoms with Gasteiger partial charge in [0, 0.05) is 11.4 Å². The molecule has 0 aromatic heterocycles. The van der Waals surface area contributed by atoms with E-state index in [9.17, 15) is 9.59 Å². The quantitative estimate of drug-likeness (QED) is 0.580. The zero-order chi connectivity index (χ0) is 23.3. The number of amides is 3. The first-order valence-electron chi connectivity index (χ1n) is 10.0. The van der Waals surface area contributed by atoms with Gasteiger partial charge in [-0.3, -0.25) is 4.79 Å². The van der Waals surface area contributed by atoms with Crippen molar-refractivity contribution in [1.29, 1.82) is 0 Å². The minimum absolute atomic E-state index is 0.354. The summed E-state index contributed by atoms with van der Waals surface area (Å²) in [6.07, 6.45) is 0. The van der Waals surface area contributed by atoms with E-state index in [1.54, 1.807) is 43.3 Å². The Balaban J connectivity index is 1.97. The maximum Gasteiger partial charge on any atom is 0.319 e. The molecule has 3 rings (SSSR count). The summed E-state index contributed by atoms with van der Waals surface area (Å²) in [5.41, 5.74) is 1.99. The molecule has 1 aliphatic heterocycles. The predicted octanol–water partition coefficient (Wildman–Crippen LogP) is 3.38. The van der Waals surface area contributed by atoms with E-state index in [0.717, 1.165) is 0 Å². The zero-order valence-electron chi connectivity index (χ0n) is 18.7. The molecule has 9 nitrogen and oxygen atoms in total. The van der Waals surface area contributed by atoms with Crippen LogP contribution >= 0.6 is 0 Å². The predicted molar refractivity (Wildman–Crippen MR) is 119 cm³/mol. The van der Waals surface area contributed by atoms with Crippen LogP contribution in [0.5, 0.6) is 23.0 Å². The highest BCUT2D eigenvalue weighted by molar-refractivity contribution is 6.06. The molecule has 0 aliphatic carbocycles. The Bertz CT molecular complexity index is 1010. The molecule has 0 saturated carbocycles. The molecule has 1 atom stereocenters. The average molecular weight is 441 g/mol. The largest absolute Gasteiger partial charge is 0.494 e. The third-order valence-corrected chi connectivity index (χ3v) is 4.96. The summed E-state index contributed by atoms with van der Waals surface area (Å²) in [4.78, 5) is 25.5. The lowest BCUT2D eigenvalue weighted by Gasteiger charge is -2.29. The Morgan fingerprint density at radius 3 is 2.19 bits per heavy atom. The Morgan fingerprint density at radius 2 is 1.66 bits per heavy atom. The highest BCUT2D eigenvalue weighted by atomic mass is 16.5. The second kappa shape index (κ2) is 9.95. The molecule has 0 radical (unpaired) electrons. The van der Waals surface area contributed by atoms with Gasteiger partial charge in [-0.1, -0.05) is 0 Å². The van der Waals surface area contributed by atoms with E-state index >= 15 is 0 Å². The molecule has 170 valence electrons. The van der Waals surface area contributed by atoms with Gasteiger partial charge < -0.3 is 34.9 Å². The van der Waals surface area contributed by atoms with Gasteiger partial charge in [0.1, 0.15) is 5.75 Å². The van der Waals surface area contributed by atoms with Gasteiger partial charge in [-0.15, -0.1) is 0 Å². The fourth-order valence-corrected chi connectivity index (χ4v) is 3.51. The van der Waals surface area contributed by atoms with Gasteiger partial charge in [0.05, 0.1) is 39.6 Å². The number of carbonyl (C=O) groups is 2. The molecule has 0 spiro atoms. The molecular formula is C23H27N3O6. The van der Waals surface area contributed by atoms with Crippen molar-refractivity contribution < 1.29 is 28.5 Å². The third-order valence-electron chi connectivity index (χ3n) is 4.96. The van der Waals surface area contributed by atoms with Crippen LogP contribution in [0.2, 0.25) is 0 Å². The van der Waals surface area contributed by atoms with E-state index in [1.807, 2.05) is 6.92 Å². The first-order chi connectivity index (χ1) is 15.4. The van der Waals surface area contributed by atoms with E-state index in [1.165, 1.54) is 21.3 Å². The Labute approximate surface area is 186 Å². The number of anilines is 1. The summed E-state index contributed by atoms with van der Waals surface area (Å²) in [6, 6.07) is 9.31. The molecule has 0 bridgehead atoms. The van der Waals surface area contributed by atoms with Crippen molar-refractivity contribution in [2.24, 2.45) is 0 Å². The topological polar surface area (TPSA) is 107 Å². The van der Waals surface area contributed by atoms with E-state index in [0.29, 0.717) is 52.1 Å². The number of nitrogens with one attached hydrogen (secondary N) is 3. The smallest absolute Gasteiger partial charge is 0.319 e. The maximum atomic E-state index is 13.2. The van der Waals surface area contributed by atoms with E-state index in [-0.39, 0.29) is 5.91 Å². The second-order valence-corrected chi connectivity index (χ2v) is 6.94. The Hall–Kier alpha value is -3.88.